The second kappa shape index (κ2) is 5.83. The minimum absolute atomic E-state index is 0.256. The van der Waals surface area contributed by atoms with Gasteiger partial charge in [0.25, 0.3) is 0 Å². The molecule has 0 aliphatic carbocycles. The summed E-state index contributed by atoms with van der Waals surface area (Å²) in [5.41, 5.74) is 6.73. The Morgan fingerprint density at radius 1 is 1.11 bits per heavy atom. The Kier molecular flexibility index (Phi) is 4.38. The summed E-state index contributed by atoms with van der Waals surface area (Å²) >= 11 is 13.2. The van der Waals surface area contributed by atoms with E-state index in [4.69, 9.17) is 28.9 Å². The topological polar surface area (TPSA) is 26.0 Å². The second-order valence-corrected chi connectivity index (χ2v) is 5.60. The van der Waals surface area contributed by atoms with Crippen LogP contribution in [0, 0.1) is 5.82 Å². The normalized spacial score (nSPS) is 10.6. The molecule has 2 aromatic carbocycles. The van der Waals surface area contributed by atoms with Gasteiger partial charge in [-0.25, -0.2) is 4.39 Å². The lowest BCUT2D eigenvalue weighted by atomic mass is 10.2. The van der Waals surface area contributed by atoms with Crippen molar-refractivity contribution in [3.63, 3.8) is 0 Å². The van der Waals surface area contributed by atoms with Gasteiger partial charge in [0.1, 0.15) is 5.82 Å². The van der Waals surface area contributed by atoms with Crippen LogP contribution < -0.4 is 5.73 Å². The summed E-state index contributed by atoms with van der Waals surface area (Å²) in [6.07, 6.45) is 0. The van der Waals surface area contributed by atoms with E-state index in [2.05, 4.69) is 0 Å². The number of nitrogens with two attached hydrogens (primary N) is 1. The number of rotatable bonds is 3. The molecular weight excluding hydrogens is 292 g/mol. The van der Waals surface area contributed by atoms with Crippen molar-refractivity contribution >= 4 is 40.7 Å². The van der Waals surface area contributed by atoms with Crippen molar-refractivity contribution in [2.24, 2.45) is 0 Å². The summed E-state index contributed by atoms with van der Waals surface area (Å²) in [6, 6.07) is 9.89. The zero-order valence-electron chi connectivity index (χ0n) is 9.29. The van der Waals surface area contributed by atoms with Gasteiger partial charge in [-0.2, -0.15) is 0 Å². The third-order valence-electron chi connectivity index (χ3n) is 2.37. The molecule has 0 bridgehead atoms. The highest BCUT2D eigenvalue weighted by molar-refractivity contribution is 7.98. The highest BCUT2D eigenvalue weighted by Gasteiger charge is 2.05. The number of nitrogen functional groups attached to an aromatic ring is 1. The van der Waals surface area contributed by atoms with E-state index in [1.807, 2.05) is 6.07 Å². The molecule has 0 aliphatic heterocycles. The first-order chi connectivity index (χ1) is 8.56. The van der Waals surface area contributed by atoms with E-state index in [9.17, 15) is 4.39 Å². The lowest BCUT2D eigenvalue weighted by Gasteiger charge is -2.05. The average Bonchev–Trinajstić information content (AvgIpc) is 2.34. The Hall–Kier alpha value is -0.900. The molecule has 1 nitrogen and oxygen atoms in total. The van der Waals surface area contributed by atoms with E-state index in [1.54, 1.807) is 18.2 Å². The summed E-state index contributed by atoms with van der Waals surface area (Å²) in [6.45, 7) is 0. The fourth-order valence-corrected chi connectivity index (χ4v) is 2.76. The highest BCUT2D eigenvalue weighted by atomic mass is 35.5. The molecule has 0 fully saturated rings. The maximum absolute atomic E-state index is 13.5. The molecule has 5 heteroatoms. The molecule has 0 saturated carbocycles. The molecule has 0 aliphatic rings. The quantitative estimate of drug-likeness (QED) is 0.637. The molecule has 0 aromatic heterocycles. The average molecular weight is 302 g/mol. The molecule has 2 N–H and O–H groups in total. The van der Waals surface area contributed by atoms with Crippen LogP contribution in [-0.4, -0.2) is 0 Å². The zero-order valence-corrected chi connectivity index (χ0v) is 11.6. The smallest absolute Gasteiger partial charge is 0.127 e. The van der Waals surface area contributed by atoms with Gasteiger partial charge in [0.2, 0.25) is 0 Å². The number of benzene rings is 2. The Morgan fingerprint density at radius 3 is 2.61 bits per heavy atom. The number of thioether (sulfide) groups is 1. The number of hydrogen-bond donors (Lipinski definition) is 1. The van der Waals surface area contributed by atoms with Crippen LogP contribution in [-0.2, 0) is 5.75 Å². The molecule has 94 valence electrons. The van der Waals surface area contributed by atoms with Gasteiger partial charge in [-0.15, -0.1) is 11.8 Å². The van der Waals surface area contributed by atoms with E-state index in [-0.39, 0.29) is 5.82 Å². The molecular formula is C13H10Cl2FNS. The predicted molar refractivity (Wildman–Crippen MR) is 76.8 cm³/mol. The summed E-state index contributed by atoms with van der Waals surface area (Å²) in [5.74, 6) is 0.237. The molecule has 0 radical (unpaired) electrons. The summed E-state index contributed by atoms with van der Waals surface area (Å²) in [7, 11) is 0. The van der Waals surface area contributed by atoms with Crippen molar-refractivity contribution in [2.45, 2.75) is 10.6 Å². The lowest BCUT2D eigenvalue weighted by molar-refractivity contribution is 0.617. The SMILES string of the molecule is Nc1ccc(SCc2cc(Cl)ccc2F)cc1Cl. The van der Waals surface area contributed by atoms with Crippen LogP contribution >= 0.6 is 35.0 Å². The van der Waals surface area contributed by atoms with Crippen LogP contribution in [0.25, 0.3) is 0 Å². The van der Waals surface area contributed by atoms with Crippen LogP contribution in [0.5, 0.6) is 0 Å². The van der Waals surface area contributed by atoms with Crippen molar-refractivity contribution < 1.29 is 4.39 Å². The van der Waals surface area contributed by atoms with Gasteiger partial charge in [-0.3, -0.25) is 0 Å². The second-order valence-electron chi connectivity index (χ2n) is 3.71. The van der Waals surface area contributed by atoms with Crippen molar-refractivity contribution in [3.8, 4) is 0 Å². The maximum atomic E-state index is 13.5. The van der Waals surface area contributed by atoms with Crippen molar-refractivity contribution in [2.75, 3.05) is 5.73 Å². The standard InChI is InChI=1S/C13H10Cl2FNS/c14-9-1-3-12(16)8(5-9)7-18-10-2-4-13(17)11(15)6-10/h1-6H,7,17H2. The zero-order chi connectivity index (χ0) is 13.1. The van der Waals surface area contributed by atoms with Crippen molar-refractivity contribution in [3.05, 3.63) is 57.8 Å². The summed E-state index contributed by atoms with van der Waals surface area (Å²) in [4.78, 5) is 0.938. The van der Waals surface area contributed by atoms with Crippen molar-refractivity contribution in [1.29, 1.82) is 0 Å². The summed E-state index contributed by atoms with van der Waals surface area (Å²) < 4.78 is 13.5. The van der Waals surface area contributed by atoms with E-state index >= 15 is 0 Å². The molecule has 0 spiro atoms. The van der Waals surface area contributed by atoms with Crippen LogP contribution in [0.1, 0.15) is 5.56 Å². The Balaban J connectivity index is 2.11. The van der Waals surface area contributed by atoms with E-state index in [1.165, 1.54) is 23.9 Å². The van der Waals surface area contributed by atoms with E-state index < -0.39 is 0 Å². The first-order valence-corrected chi connectivity index (χ1v) is 6.92. The number of anilines is 1. The van der Waals surface area contributed by atoms with Gasteiger partial charge < -0.3 is 5.73 Å². The molecule has 0 saturated heterocycles. The molecule has 18 heavy (non-hydrogen) atoms. The third kappa shape index (κ3) is 3.31. The molecule has 0 unspecified atom stereocenters. The Labute approximate surface area is 119 Å². The third-order valence-corrected chi connectivity index (χ3v) is 3.98. The van der Waals surface area contributed by atoms with E-state index in [0.29, 0.717) is 27.0 Å². The van der Waals surface area contributed by atoms with E-state index in [0.717, 1.165) is 4.90 Å². The molecule has 0 atom stereocenters. The van der Waals surface area contributed by atoms with Crippen LogP contribution in [0.4, 0.5) is 10.1 Å². The minimum atomic E-state index is -0.256. The number of halogens is 3. The fraction of sp³-hybridized carbons (Fsp3) is 0.0769. The largest absolute Gasteiger partial charge is 0.398 e. The Morgan fingerprint density at radius 2 is 1.89 bits per heavy atom. The molecule has 2 aromatic rings. The highest BCUT2D eigenvalue weighted by Crippen LogP contribution is 2.29. The molecule has 2 rings (SSSR count). The van der Waals surface area contributed by atoms with Gasteiger partial charge in [0.05, 0.1) is 10.7 Å². The van der Waals surface area contributed by atoms with Crippen molar-refractivity contribution in [1.82, 2.24) is 0 Å². The van der Waals surface area contributed by atoms with Gasteiger partial charge in [-0.1, -0.05) is 23.2 Å². The van der Waals surface area contributed by atoms with Gasteiger partial charge >= 0.3 is 0 Å². The maximum Gasteiger partial charge on any atom is 0.127 e. The fourth-order valence-electron chi connectivity index (χ4n) is 1.41. The van der Waals surface area contributed by atoms with Crippen LogP contribution in [0.15, 0.2) is 41.3 Å². The van der Waals surface area contributed by atoms with Gasteiger partial charge in [0.15, 0.2) is 0 Å². The lowest BCUT2D eigenvalue weighted by Crippen LogP contribution is -1.88. The van der Waals surface area contributed by atoms with Gasteiger partial charge in [-0.05, 0) is 42.0 Å². The number of hydrogen-bond acceptors (Lipinski definition) is 2. The van der Waals surface area contributed by atoms with Gasteiger partial charge in [0, 0.05) is 15.7 Å². The minimum Gasteiger partial charge on any atom is -0.398 e. The summed E-state index contributed by atoms with van der Waals surface area (Å²) in [5, 5.41) is 1.04. The monoisotopic (exact) mass is 301 g/mol. The van der Waals surface area contributed by atoms with Crippen LogP contribution in [0.3, 0.4) is 0 Å². The molecule has 0 amide bonds. The molecule has 0 heterocycles. The predicted octanol–water partition coefficient (Wildman–Crippen LogP) is 5.01. The first-order valence-electron chi connectivity index (χ1n) is 5.18. The first kappa shape index (κ1) is 13.5. The van der Waals surface area contributed by atoms with Crippen LogP contribution in [0.2, 0.25) is 10.0 Å². The Bertz CT molecular complexity index is 575.